The molecule has 1 heterocycles. The van der Waals surface area contributed by atoms with Gasteiger partial charge in [-0.25, -0.2) is 13.2 Å². The summed E-state index contributed by atoms with van der Waals surface area (Å²) in [5, 5.41) is 8.47. The SMILES string of the molecule is C#CC(C)(C)[C@H]1CCN(C(=O)[C@@H](NC(=O)N[C@H](CN(C)S(=O)(=O)c2ccccc2)C(C)(C)C)C(C)(C)C)[C@@H]1C(=O)NC(CC1CCC1)C(=O)C(N)=O. The Morgan fingerprint density at radius 3 is 2.02 bits per heavy atom. The van der Waals surface area contributed by atoms with Gasteiger partial charge in [0.1, 0.15) is 12.1 Å². The highest BCUT2D eigenvalue weighted by Crippen LogP contribution is 2.40. The third-order valence-electron chi connectivity index (χ3n) is 10.5. The van der Waals surface area contributed by atoms with Crippen molar-refractivity contribution in [3.8, 4) is 12.3 Å². The molecule has 14 heteroatoms. The summed E-state index contributed by atoms with van der Waals surface area (Å²) >= 11 is 0. The van der Waals surface area contributed by atoms with Crippen LogP contribution >= 0.6 is 0 Å². The fourth-order valence-electron chi connectivity index (χ4n) is 6.76. The van der Waals surface area contributed by atoms with E-state index in [0.29, 0.717) is 6.42 Å². The van der Waals surface area contributed by atoms with E-state index in [1.165, 1.54) is 28.4 Å². The van der Waals surface area contributed by atoms with Crippen molar-refractivity contribution < 1.29 is 32.4 Å². The number of hydrogen-bond acceptors (Lipinski definition) is 7. The fourth-order valence-corrected chi connectivity index (χ4v) is 7.96. The molecule has 1 aliphatic heterocycles. The Bertz CT molecular complexity index is 1640. The van der Waals surface area contributed by atoms with Crippen molar-refractivity contribution in [2.75, 3.05) is 20.1 Å². The number of Topliss-reactive ketones (excluding diaryl/α,β-unsaturated/α-hetero) is 1. The number of nitrogens with two attached hydrogens (primary N) is 1. The number of terminal acetylenes is 1. The van der Waals surface area contributed by atoms with E-state index in [4.69, 9.17) is 12.2 Å². The van der Waals surface area contributed by atoms with Gasteiger partial charge in [-0.3, -0.25) is 19.2 Å². The van der Waals surface area contributed by atoms with Gasteiger partial charge in [0.2, 0.25) is 27.6 Å². The molecule has 1 aromatic carbocycles. The first-order valence-electron chi connectivity index (χ1n) is 17.9. The first kappa shape index (κ1) is 42.5. The van der Waals surface area contributed by atoms with Gasteiger partial charge < -0.3 is 26.6 Å². The maximum atomic E-state index is 14.5. The van der Waals surface area contributed by atoms with Crippen molar-refractivity contribution in [2.45, 2.75) is 117 Å². The summed E-state index contributed by atoms with van der Waals surface area (Å²) in [7, 11) is -2.41. The van der Waals surface area contributed by atoms with E-state index in [9.17, 15) is 32.4 Å². The van der Waals surface area contributed by atoms with Crippen LogP contribution in [0.4, 0.5) is 4.79 Å². The first-order valence-corrected chi connectivity index (χ1v) is 19.4. The minimum absolute atomic E-state index is 0.0501. The standard InChI is InChI=1S/C38H58N6O7S/c1-11-38(8,9)26-20-21-44(29(26)33(47)40-27(30(45)32(39)46)22-24-16-15-17-24)34(48)31(37(5,6)7)42-35(49)41-28(36(2,3)4)23-43(10)52(50,51)25-18-13-12-14-19-25/h1,12-14,18-19,24,26-29,31H,15-17,20-23H2,2-10H3,(H2,39,46)(H,40,47)(H2,41,42,49)/t26-,27?,28+,29-,31+/m0/s1. The number of urea groups is 1. The van der Waals surface area contributed by atoms with Gasteiger partial charge in [0.15, 0.2) is 0 Å². The number of likely N-dealkylation sites (tertiary alicyclic amines) is 1. The van der Waals surface area contributed by atoms with E-state index in [2.05, 4.69) is 21.9 Å². The van der Waals surface area contributed by atoms with Gasteiger partial charge in [0.05, 0.1) is 10.9 Å². The normalized spacial score (nSPS) is 20.2. The van der Waals surface area contributed by atoms with Crippen LogP contribution in [0.15, 0.2) is 35.2 Å². The van der Waals surface area contributed by atoms with E-state index in [0.717, 1.165) is 19.3 Å². The summed E-state index contributed by atoms with van der Waals surface area (Å²) < 4.78 is 27.8. The van der Waals surface area contributed by atoms with Crippen molar-refractivity contribution in [3.63, 3.8) is 0 Å². The predicted octanol–water partition coefficient (Wildman–Crippen LogP) is 3.04. The second kappa shape index (κ2) is 16.4. The average molecular weight is 743 g/mol. The number of sulfonamides is 1. The van der Waals surface area contributed by atoms with Gasteiger partial charge in [0.25, 0.3) is 5.91 Å². The van der Waals surface area contributed by atoms with Crippen molar-refractivity contribution in [1.82, 2.24) is 25.2 Å². The van der Waals surface area contributed by atoms with Crippen LogP contribution in [-0.2, 0) is 29.2 Å². The molecule has 1 saturated carbocycles. The first-order chi connectivity index (χ1) is 23.9. The summed E-state index contributed by atoms with van der Waals surface area (Å²) in [4.78, 5) is 68.7. The van der Waals surface area contributed by atoms with Crippen LogP contribution in [-0.4, -0.2) is 91.5 Å². The number of ketones is 1. The molecule has 2 aliphatic rings. The largest absolute Gasteiger partial charge is 0.363 e. The van der Waals surface area contributed by atoms with E-state index in [-0.39, 0.29) is 30.3 Å². The van der Waals surface area contributed by atoms with Crippen LogP contribution in [0.3, 0.4) is 0 Å². The smallest absolute Gasteiger partial charge is 0.315 e. The van der Waals surface area contributed by atoms with Gasteiger partial charge in [-0.15, -0.1) is 12.3 Å². The molecule has 5 amide bonds. The molecular formula is C38H58N6O7S. The van der Waals surface area contributed by atoms with Gasteiger partial charge in [-0.2, -0.15) is 4.31 Å². The number of primary amides is 1. The van der Waals surface area contributed by atoms with Crippen LogP contribution in [0.1, 0.15) is 87.5 Å². The van der Waals surface area contributed by atoms with Crippen LogP contribution in [0.25, 0.3) is 0 Å². The average Bonchev–Trinajstić information content (AvgIpc) is 3.49. The number of carbonyl (C=O) groups excluding carboxylic acids is 5. The number of hydrogen-bond donors (Lipinski definition) is 4. The van der Waals surface area contributed by atoms with Gasteiger partial charge in [0, 0.05) is 37.5 Å². The molecule has 0 radical (unpaired) electrons. The number of benzene rings is 1. The predicted molar refractivity (Wildman–Crippen MR) is 199 cm³/mol. The van der Waals surface area contributed by atoms with Crippen molar-refractivity contribution in [3.05, 3.63) is 30.3 Å². The molecule has 1 saturated heterocycles. The molecule has 1 aliphatic carbocycles. The fraction of sp³-hybridized carbons (Fsp3) is 0.658. The summed E-state index contributed by atoms with van der Waals surface area (Å²) in [6.45, 7) is 14.7. The van der Waals surface area contributed by atoms with E-state index in [1.807, 2.05) is 20.8 Å². The number of rotatable bonds is 14. The lowest BCUT2D eigenvalue weighted by Gasteiger charge is -2.39. The minimum Gasteiger partial charge on any atom is -0.363 e. The molecule has 2 fully saturated rings. The lowest BCUT2D eigenvalue weighted by molar-refractivity contribution is -0.145. The quantitative estimate of drug-likeness (QED) is 0.167. The lowest BCUT2D eigenvalue weighted by atomic mass is 9.74. The summed E-state index contributed by atoms with van der Waals surface area (Å²) in [5.41, 5.74) is 3.09. The molecule has 288 valence electrons. The van der Waals surface area contributed by atoms with Gasteiger partial charge >= 0.3 is 6.03 Å². The zero-order chi connectivity index (χ0) is 39.4. The van der Waals surface area contributed by atoms with E-state index in [1.54, 1.807) is 52.8 Å². The molecule has 3 rings (SSSR count). The van der Waals surface area contributed by atoms with E-state index >= 15 is 0 Å². The Labute approximate surface area is 309 Å². The molecule has 0 spiro atoms. The zero-order valence-electron chi connectivity index (χ0n) is 32.1. The maximum Gasteiger partial charge on any atom is 0.315 e. The number of likely N-dealkylation sites (N-methyl/N-ethyl adjacent to an activating group) is 1. The van der Waals surface area contributed by atoms with Crippen LogP contribution in [0.5, 0.6) is 0 Å². The highest BCUT2D eigenvalue weighted by Gasteiger charge is 2.51. The molecule has 1 aromatic rings. The van der Waals surface area contributed by atoms with Gasteiger partial charge in [-0.05, 0) is 55.6 Å². The zero-order valence-corrected chi connectivity index (χ0v) is 32.9. The molecule has 5 atom stereocenters. The minimum atomic E-state index is -3.86. The second-order valence-electron chi connectivity index (χ2n) is 17.0. The Hall–Kier alpha value is -3.96. The molecule has 13 nitrogen and oxygen atoms in total. The highest BCUT2D eigenvalue weighted by molar-refractivity contribution is 7.89. The third-order valence-corrected chi connectivity index (χ3v) is 12.4. The Kier molecular flexibility index (Phi) is 13.4. The van der Waals surface area contributed by atoms with Crippen molar-refractivity contribution in [2.24, 2.45) is 33.8 Å². The topological polar surface area (TPSA) is 188 Å². The maximum absolute atomic E-state index is 14.5. The Morgan fingerprint density at radius 1 is 0.942 bits per heavy atom. The molecule has 52 heavy (non-hydrogen) atoms. The van der Waals surface area contributed by atoms with Crippen LogP contribution < -0.4 is 21.7 Å². The van der Waals surface area contributed by atoms with Gasteiger partial charge in [-0.1, -0.05) is 79.0 Å². The lowest BCUT2D eigenvalue weighted by Crippen LogP contribution is -2.62. The Morgan fingerprint density at radius 2 is 1.54 bits per heavy atom. The van der Waals surface area contributed by atoms with Crippen molar-refractivity contribution in [1.29, 1.82) is 0 Å². The van der Waals surface area contributed by atoms with Crippen LogP contribution in [0, 0.1) is 40.4 Å². The third kappa shape index (κ3) is 10.1. The molecular weight excluding hydrogens is 685 g/mol. The number of carbonyl (C=O) groups is 5. The molecule has 1 unspecified atom stereocenters. The van der Waals surface area contributed by atoms with Crippen LogP contribution in [0.2, 0.25) is 0 Å². The van der Waals surface area contributed by atoms with Crippen molar-refractivity contribution >= 4 is 39.6 Å². The number of amides is 5. The summed E-state index contributed by atoms with van der Waals surface area (Å²) in [6.07, 6.45) is 9.30. The summed E-state index contributed by atoms with van der Waals surface area (Å²) in [5.74, 6) is -0.778. The number of nitrogens with one attached hydrogen (secondary N) is 3. The molecule has 0 bridgehead atoms. The second-order valence-corrected chi connectivity index (χ2v) is 19.0. The Balaban J connectivity index is 1.89. The van der Waals surface area contributed by atoms with E-state index < -0.39 is 85.9 Å². The highest BCUT2D eigenvalue weighted by atomic mass is 32.2. The monoisotopic (exact) mass is 742 g/mol. The number of nitrogens with zero attached hydrogens (tertiary/aromatic N) is 2. The summed E-state index contributed by atoms with van der Waals surface area (Å²) in [6, 6.07) is 3.28. The molecule has 5 N–H and O–H groups in total. The molecule has 0 aromatic heterocycles.